The zero-order valence-electron chi connectivity index (χ0n) is 14.5. The van der Waals surface area contributed by atoms with Crippen molar-refractivity contribution in [2.75, 3.05) is 7.11 Å². The molecule has 0 saturated carbocycles. The van der Waals surface area contributed by atoms with Gasteiger partial charge < -0.3 is 14.8 Å². The smallest absolute Gasteiger partial charge is 0.251 e. The van der Waals surface area contributed by atoms with Crippen LogP contribution in [0.3, 0.4) is 0 Å². The van der Waals surface area contributed by atoms with Crippen LogP contribution in [0.15, 0.2) is 73.1 Å². The summed E-state index contributed by atoms with van der Waals surface area (Å²) < 4.78 is 11.2. The quantitative estimate of drug-likeness (QED) is 0.709. The number of nitrogens with zero attached hydrogens (tertiary/aromatic N) is 1. The lowest BCUT2D eigenvalue weighted by Gasteiger charge is -2.13. The molecule has 2 aromatic carbocycles. The molecule has 1 N–H and O–H groups in total. The fourth-order valence-corrected chi connectivity index (χ4v) is 2.46. The standard InChI is InChI=1S/C21H20N2O3/c1-25-20-12-16(14-23-21(24)18-7-3-2-4-8-18)9-10-19(20)26-15-17-6-5-11-22-13-17/h2-13H,14-15H2,1H3,(H,23,24). The molecule has 0 unspecified atom stereocenters. The number of benzene rings is 2. The van der Waals surface area contributed by atoms with Gasteiger partial charge in [0.25, 0.3) is 5.91 Å². The van der Waals surface area contributed by atoms with Gasteiger partial charge in [0, 0.05) is 30.1 Å². The predicted octanol–water partition coefficient (Wildman–Crippen LogP) is 3.60. The van der Waals surface area contributed by atoms with Crippen molar-refractivity contribution in [1.82, 2.24) is 10.3 Å². The summed E-state index contributed by atoms with van der Waals surface area (Å²) in [5.41, 5.74) is 2.55. The summed E-state index contributed by atoms with van der Waals surface area (Å²) in [6.45, 7) is 0.821. The first-order valence-electron chi connectivity index (χ1n) is 8.28. The number of rotatable bonds is 7. The molecule has 0 spiro atoms. The molecular formula is C21H20N2O3. The zero-order chi connectivity index (χ0) is 18.2. The summed E-state index contributed by atoms with van der Waals surface area (Å²) in [6.07, 6.45) is 3.49. The Kier molecular flexibility index (Phi) is 5.83. The molecule has 0 radical (unpaired) electrons. The molecule has 0 bridgehead atoms. The Hall–Kier alpha value is -3.34. The maximum atomic E-state index is 12.1. The van der Waals surface area contributed by atoms with E-state index in [0.29, 0.717) is 30.2 Å². The van der Waals surface area contributed by atoms with E-state index in [4.69, 9.17) is 9.47 Å². The summed E-state index contributed by atoms with van der Waals surface area (Å²) >= 11 is 0. The fourth-order valence-electron chi connectivity index (χ4n) is 2.46. The van der Waals surface area contributed by atoms with Crippen LogP contribution in [0.5, 0.6) is 11.5 Å². The number of amides is 1. The number of hydrogen-bond donors (Lipinski definition) is 1. The van der Waals surface area contributed by atoms with Gasteiger partial charge in [-0.2, -0.15) is 0 Å². The van der Waals surface area contributed by atoms with E-state index in [1.807, 2.05) is 48.5 Å². The molecule has 0 fully saturated rings. The van der Waals surface area contributed by atoms with Crippen LogP contribution in [0.1, 0.15) is 21.5 Å². The van der Waals surface area contributed by atoms with Gasteiger partial charge in [0.1, 0.15) is 6.61 Å². The van der Waals surface area contributed by atoms with Gasteiger partial charge in [0.15, 0.2) is 11.5 Å². The van der Waals surface area contributed by atoms with Crippen LogP contribution in [0, 0.1) is 0 Å². The van der Waals surface area contributed by atoms with Crippen LogP contribution < -0.4 is 14.8 Å². The molecule has 3 rings (SSSR count). The van der Waals surface area contributed by atoms with E-state index < -0.39 is 0 Å². The third-order valence-corrected chi connectivity index (χ3v) is 3.83. The number of pyridine rings is 1. The third-order valence-electron chi connectivity index (χ3n) is 3.83. The Morgan fingerprint density at radius 1 is 1.00 bits per heavy atom. The van der Waals surface area contributed by atoms with Gasteiger partial charge in [-0.3, -0.25) is 9.78 Å². The molecule has 0 atom stereocenters. The van der Waals surface area contributed by atoms with Crippen molar-refractivity contribution in [1.29, 1.82) is 0 Å². The molecular weight excluding hydrogens is 328 g/mol. The lowest BCUT2D eigenvalue weighted by atomic mass is 10.1. The van der Waals surface area contributed by atoms with Gasteiger partial charge in [-0.05, 0) is 35.9 Å². The maximum absolute atomic E-state index is 12.1. The average molecular weight is 348 g/mol. The summed E-state index contributed by atoms with van der Waals surface area (Å²) in [4.78, 5) is 16.2. The van der Waals surface area contributed by atoms with Crippen molar-refractivity contribution < 1.29 is 14.3 Å². The molecule has 0 aliphatic carbocycles. The van der Waals surface area contributed by atoms with Crippen LogP contribution in [0.25, 0.3) is 0 Å². The second kappa shape index (κ2) is 8.67. The molecule has 5 nitrogen and oxygen atoms in total. The first-order valence-corrected chi connectivity index (χ1v) is 8.28. The van der Waals surface area contributed by atoms with Gasteiger partial charge in [-0.15, -0.1) is 0 Å². The average Bonchev–Trinajstić information content (AvgIpc) is 2.72. The highest BCUT2D eigenvalue weighted by Gasteiger charge is 2.08. The minimum atomic E-state index is -0.110. The Labute approximate surface area is 152 Å². The van der Waals surface area contributed by atoms with Crippen LogP contribution >= 0.6 is 0 Å². The van der Waals surface area contributed by atoms with Gasteiger partial charge in [-0.1, -0.05) is 30.3 Å². The first-order chi connectivity index (χ1) is 12.8. The molecule has 26 heavy (non-hydrogen) atoms. The molecule has 0 aliphatic heterocycles. The highest BCUT2D eigenvalue weighted by molar-refractivity contribution is 5.94. The lowest BCUT2D eigenvalue weighted by molar-refractivity contribution is 0.0951. The number of nitrogens with one attached hydrogen (secondary N) is 1. The summed E-state index contributed by atoms with van der Waals surface area (Å²) in [5.74, 6) is 1.16. The highest BCUT2D eigenvalue weighted by Crippen LogP contribution is 2.28. The number of hydrogen-bond acceptors (Lipinski definition) is 4. The maximum Gasteiger partial charge on any atom is 0.251 e. The summed E-state index contributed by atoms with van der Waals surface area (Å²) in [6, 6.07) is 18.6. The Morgan fingerprint density at radius 2 is 1.85 bits per heavy atom. The van der Waals surface area contributed by atoms with Gasteiger partial charge in [0.05, 0.1) is 7.11 Å². The van der Waals surface area contributed by atoms with Crippen LogP contribution in [0.2, 0.25) is 0 Å². The monoisotopic (exact) mass is 348 g/mol. The molecule has 132 valence electrons. The van der Waals surface area contributed by atoms with Gasteiger partial charge in [-0.25, -0.2) is 0 Å². The van der Waals surface area contributed by atoms with Gasteiger partial charge >= 0.3 is 0 Å². The normalized spacial score (nSPS) is 10.2. The van der Waals surface area contributed by atoms with Crippen molar-refractivity contribution >= 4 is 5.91 Å². The van der Waals surface area contributed by atoms with E-state index in [1.165, 1.54) is 0 Å². The van der Waals surface area contributed by atoms with Crippen molar-refractivity contribution in [3.63, 3.8) is 0 Å². The molecule has 1 amide bonds. The first kappa shape index (κ1) is 17.5. The predicted molar refractivity (Wildman–Crippen MR) is 99.2 cm³/mol. The fraction of sp³-hybridized carbons (Fsp3) is 0.143. The molecule has 1 aromatic heterocycles. The van der Waals surface area contributed by atoms with Gasteiger partial charge in [0.2, 0.25) is 0 Å². The third kappa shape index (κ3) is 4.60. The van der Waals surface area contributed by atoms with Crippen molar-refractivity contribution in [2.24, 2.45) is 0 Å². The molecule has 1 heterocycles. The summed E-state index contributed by atoms with van der Waals surface area (Å²) in [7, 11) is 1.60. The number of carbonyl (C=O) groups is 1. The minimum Gasteiger partial charge on any atom is -0.493 e. The number of aromatic nitrogens is 1. The van der Waals surface area contributed by atoms with Crippen LogP contribution in [0.4, 0.5) is 0 Å². The van der Waals surface area contributed by atoms with E-state index in [-0.39, 0.29) is 5.91 Å². The zero-order valence-corrected chi connectivity index (χ0v) is 14.5. The highest BCUT2D eigenvalue weighted by atomic mass is 16.5. The van der Waals surface area contributed by atoms with Crippen molar-refractivity contribution in [3.05, 3.63) is 89.7 Å². The second-order valence-electron chi connectivity index (χ2n) is 5.68. The number of methoxy groups -OCH3 is 1. The van der Waals surface area contributed by atoms with Crippen molar-refractivity contribution in [3.8, 4) is 11.5 Å². The minimum absolute atomic E-state index is 0.110. The summed E-state index contributed by atoms with van der Waals surface area (Å²) in [5, 5.41) is 2.90. The Balaban J connectivity index is 1.62. The van der Waals surface area contributed by atoms with Crippen LogP contribution in [-0.4, -0.2) is 18.0 Å². The molecule has 5 heteroatoms. The Morgan fingerprint density at radius 3 is 2.58 bits per heavy atom. The van der Waals surface area contributed by atoms with E-state index >= 15 is 0 Å². The molecule has 3 aromatic rings. The van der Waals surface area contributed by atoms with E-state index in [2.05, 4.69) is 10.3 Å². The number of ether oxygens (including phenoxy) is 2. The molecule has 0 aliphatic rings. The SMILES string of the molecule is COc1cc(CNC(=O)c2ccccc2)ccc1OCc1cccnc1. The Bertz CT molecular complexity index is 852. The second-order valence-corrected chi connectivity index (χ2v) is 5.68. The van der Waals surface area contributed by atoms with E-state index in [1.54, 1.807) is 31.6 Å². The van der Waals surface area contributed by atoms with E-state index in [9.17, 15) is 4.79 Å². The topological polar surface area (TPSA) is 60.5 Å². The van der Waals surface area contributed by atoms with Crippen LogP contribution in [-0.2, 0) is 13.2 Å². The van der Waals surface area contributed by atoms with E-state index in [0.717, 1.165) is 11.1 Å². The van der Waals surface area contributed by atoms with Crippen molar-refractivity contribution in [2.45, 2.75) is 13.2 Å². The largest absolute Gasteiger partial charge is 0.493 e. The number of carbonyl (C=O) groups excluding carboxylic acids is 1. The molecule has 0 saturated heterocycles. The lowest BCUT2D eigenvalue weighted by Crippen LogP contribution is -2.22.